The van der Waals surface area contributed by atoms with Crippen LogP contribution in [0.1, 0.15) is 38.5 Å². The third-order valence-corrected chi connectivity index (χ3v) is 9.16. The Labute approximate surface area is 288 Å². The zero-order valence-corrected chi connectivity index (χ0v) is 28.8. The molecule has 47 heavy (non-hydrogen) atoms. The molecule has 0 aliphatic heterocycles. The summed E-state index contributed by atoms with van der Waals surface area (Å²) in [4.78, 5) is 39.6. The molecular formula is C38H28Br2NO6+. The second-order valence-corrected chi connectivity index (χ2v) is 12.6. The van der Waals surface area contributed by atoms with Crippen molar-refractivity contribution in [3.05, 3.63) is 140 Å². The smallest absolute Gasteiger partial charge is 0.404 e. The Morgan fingerprint density at radius 1 is 0.702 bits per heavy atom. The van der Waals surface area contributed by atoms with E-state index < -0.39 is 23.8 Å². The molecule has 234 valence electrons. The Bertz CT molecular complexity index is 2080. The molecule has 0 atom stereocenters. The van der Waals surface area contributed by atoms with E-state index in [4.69, 9.17) is 14.2 Å². The lowest BCUT2D eigenvalue weighted by molar-refractivity contribution is -0.550. The summed E-state index contributed by atoms with van der Waals surface area (Å²) in [6.07, 6.45) is 5.66. The molecule has 5 aromatic rings. The summed E-state index contributed by atoms with van der Waals surface area (Å²) in [6.45, 7) is 0. The van der Waals surface area contributed by atoms with Gasteiger partial charge in [0.2, 0.25) is 5.52 Å². The van der Waals surface area contributed by atoms with Gasteiger partial charge < -0.3 is 14.2 Å². The summed E-state index contributed by atoms with van der Waals surface area (Å²) >= 11 is 7.20. The minimum atomic E-state index is -0.686. The van der Waals surface area contributed by atoms with Gasteiger partial charge >= 0.3 is 23.6 Å². The zero-order valence-electron chi connectivity index (χ0n) is 25.6. The van der Waals surface area contributed by atoms with Crippen LogP contribution in [0, 0.1) is 0 Å². The number of hydrogen-bond donors (Lipinski definition) is 0. The Morgan fingerprint density at radius 2 is 1.32 bits per heavy atom. The molecule has 0 saturated carbocycles. The number of benzene rings is 4. The van der Waals surface area contributed by atoms with Gasteiger partial charge in [-0.25, -0.2) is 14.4 Å². The summed E-state index contributed by atoms with van der Waals surface area (Å²) in [5, 5.41) is 0.834. The number of esters is 3. The van der Waals surface area contributed by atoms with Crippen molar-refractivity contribution in [1.29, 1.82) is 0 Å². The van der Waals surface area contributed by atoms with Gasteiger partial charge in [0.25, 0.3) is 0 Å². The first-order valence-electron chi connectivity index (χ1n) is 14.6. The molecule has 4 aromatic carbocycles. The second kappa shape index (κ2) is 13.5. The fourth-order valence-corrected chi connectivity index (χ4v) is 6.79. The van der Waals surface area contributed by atoms with E-state index in [-0.39, 0.29) is 11.3 Å². The number of aromatic nitrogens is 1. The molecule has 1 aliphatic carbocycles. The minimum Gasteiger partial charge on any atom is -0.465 e. The standard InChI is InChI=1S/C38H28Br2NO6/c1-45-36(42)24-12-9-22(10-13-24)8-11-23-18-19-41(32-7-5-4-6-27(23)32)35(38(44)47-3)34(37(43)46-2)33-30-20-25(39)14-16-28(30)29-17-15-26(40)21-31(29)33/h4-21,33H,1-3H3/q+1/b11-8+,35-34-. The van der Waals surface area contributed by atoms with Gasteiger partial charge in [-0.15, -0.1) is 0 Å². The predicted octanol–water partition coefficient (Wildman–Crippen LogP) is 7.98. The van der Waals surface area contributed by atoms with Crippen LogP contribution in [-0.2, 0) is 23.8 Å². The molecule has 0 saturated heterocycles. The summed E-state index contributed by atoms with van der Waals surface area (Å²) < 4.78 is 18.9. The molecule has 0 bridgehead atoms. The van der Waals surface area contributed by atoms with Gasteiger partial charge in [0.1, 0.15) is 5.57 Å². The maximum atomic E-state index is 13.9. The molecule has 1 aliphatic rings. The number of carbonyl (C=O) groups is 3. The molecule has 1 heterocycles. The van der Waals surface area contributed by atoms with E-state index in [1.165, 1.54) is 21.3 Å². The van der Waals surface area contributed by atoms with Crippen LogP contribution in [0.4, 0.5) is 0 Å². The van der Waals surface area contributed by atoms with Crippen LogP contribution in [0.2, 0.25) is 0 Å². The van der Waals surface area contributed by atoms with Crippen molar-refractivity contribution >= 4 is 78.5 Å². The molecular weight excluding hydrogens is 726 g/mol. The van der Waals surface area contributed by atoms with Crippen LogP contribution in [0.25, 0.3) is 39.9 Å². The molecule has 7 nitrogen and oxygen atoms in total. The molecule has 0 N–H and O–H groups in total. The predicted molar refractivity (Wildman–Crippen MR) is 187 cm³/mol. The monoisotopic (exact) mass is 752 g/mol. The van der Waals surface area contributed by atoms with Crippen LogP contribution in [0.3, 0.4) is 0 Å². The van der Waals surface area contributed by atoms with E-state index in [1.54, 1.807) is 22.9 Å². The molecule has 0 unspecified atom stereocenters. The number of fused-ring (bicyclic) bond motifs is 4. The maximum absolute atomic E-state index is 13.9. The molecule has 0 radical (unpaired) electrons. The average Bonchev–Trinajstić information content (AvgIpc) is 3.40. The number of pyridine rings is 1. The molecule has 9 heteroatoms. The summed E-state index contributed by atoms with van der Waals surface area (Å²) in [6, 6.07) is 28.5. The van der Waals surface area contributed by atoms with Crippen molar-refractivity contribution in [3.63, 3.8) is 0 Å². The highest BCUT2D eigenvalue weighted by molar-refractivity contribution is 9.10. The van der Waals surface area contributed by atoms with Crippen LogP contribution in [0.15, 0.2) is 112 Å². The Balaban J connectivity index is 1.57. The maximum Gasteiger partial charge on any atom is 0.404 e. The van der Waals surface area contributed by atoms with Crippen molar-refractivity contribution in [1.82, 2.24) is 0 Å². The fourth-order valence-electron chi connectivity index (χ4n) is 6.04. The number of rotatable bonds is 7. The number of carbonyl (C=O) groups excluding carboxylic acids is 3. The lowest BCUT2D eigenvalue weighted by atomic mass is 9.87. The topological polar surface area (TPSA) is 82.8 Å². The number of methoxy groups -OCH3 is 3. The summed E-state index contributed by atoms with van der Waals surface area (Å²) in [5.41, 5.74) is 6.75. The van der Waals surface area contributed by atoms with Crippen LogP contribution in [0.5, 0.6) is 0 Å². The lowest BCUT2D eigenvalue weighted by Gasteiger charge is -2.18. The van der Waals surface area contributed by atoms with Crippen molar-refractivity contribution < 1.29 is 33.2 Å². The number of hydrogen-bond acceptors (Lipinski definition) is 6. The number of ether oxygens (including phenoxy) is 3. The van der Waals surface area contributed by atoms with Gasteiger partial charge in [0.05, 0.1) is 32.3 Å². The van der Waals surface area contributed by atoms with E-state index in [1.807, 2.05) is 91.0 Å². The van der Waals surface area contributed by atoms with Crippen LogP contribution in [-0.4, -0.2) is 39.2 Å². The SMILES string of the molecule is COC(=O)/C(=C(/C(=O)OC)[n+]1ccc(/C=C/c2ccc(C(=O)OC)cc2)c2ccccc21)C1c2cc(Br)ccc2-c2ccc(Br)cc21. The summed E-state index contributed by atoms with van der Waals surface area (Å²) in [5.74, 6) is -2.36. The van der Waals surface area contributed by atoms with E-state index in [0.717, 1.165) is 47.7 Å². The first-order valence-corrected chi connectivity index (χ1v) is 16.1. The zero-order chi connectivity index (χ0) is 33.2. The Hall–Kier alpha value is -4.86. The number of nitrogens with zero attached hydrogens (tertiary/aromatic N) is 1. The van der Waals surface area contributed by atoms with Gasteiger partial charge in [-0.3, -0.25) is 0 Å². The highest BCUT2D eigenvalue weighted by Gasteiger charge is 2.43. The minimum absolute atomic E-state index is 0.0493. The largest absolute Gasteiger partial charge is 0.465 e. The average molecular weight is 754 g/mol. The molecule has 6 rings (SSSR count). The normalized spacial score (nSPS) is 12.8. The quantitative estimate of drug-likeness (QED) is 0.0726. The van der Waals surface area contributed by atoms with Gasteiger partial charge in [-0.1, -0.05) is 80.4 Å². The van der Waals surface area contributed by atoms with Crippen molar-refractivity contribution in [2.75, 3.05) is 21.3 Å². The number of halogens is 2. The van der Waals surface area contributed by atoms with E-state index in [0.29, 0.717) is 11.1 Å². The highest BCUT2D eigenvalue weighted by Crippen LogP contribution is 2.50. The lowest BCUT2D eigenvalue weighted by Crippen LogP contribution is -2.40. The first kappa shape index (κ1) is 32.1. The molecule has 0 fully saturated rings. The Kier molecular flexibility index (Phi) is 9.20. The fraction of sp³-hybridized carbons (Fsp3) is 0.105. The van der Waals surface area contributed by atoms with Crippen molar-refractivity contribution in [2.24, 2.45) is 0 Å². The van der Waals surface area contributed by atoms with Crippen molar-refractivity contribution in [2.45, 2.75) is 5.92 Å². The van der Waals surface area contributed by atoms with Gasteiger partial charge in [0, 0.05) is 27.0 Å². The van der Waals surface area contributed by atoms with Gasteiger partial charge in [0.15, 0.2) is 6.20 Å². The van der Waals surface area contributed by atoms with Gasteiger partial charge in [-0.2, -0.15) is 4.57 Å². The van der Waals surface area contributed by atoms with Crippen molar-refractivity contribution in [3.8, 4) is 11.1 Å². The Morgan fingerprint density at radius 3 is 1.91 bits per heavy atom. The third kappa shape index (κ3) is 6.04. The van der Waals surface area contributed by atoms with E-state index in [2.05, 4.69) is 31.9 Å². The molecule has 0 spiro atoms. The van der Waals surface area contributed by atoms with E-state index in [9.17, 15) is 14.4 Å². The molecule has 0 amide bonds. The second-order valence-electron chi connectivity index (χ2n) is 10.7. The van der Waals surface area contributed by atoms with Crippen LogP contribution >= 0.6 is 31.9 Å². The molecule has 1 aromatic heterocycles. The third-order valence-electron chi connectivity index (χ3n) is 8.17. The van der Waals surface area contributed by atoms with Gasteiger partial charge in [-0.05, 0) is 75.8 Å². The van der Waals surface area contributed by atoms with E-state index >= 15 is 0 Å². The summed E-state index contributed by atoms with van der Waals surface area (Å²) in [7, 11) is 3.96. The highest BCUT2D eigenvalue weighted by atomic mass is 79.9. The number of para-hydroxylation sites is 1. The first-order chi connectivity index (χ1) is 22.7. The van der Waals surface area contributed by atoms with Crippen LogP contribution < -0.4 is 4.57 Å².